The van der Waals surface area contributed by atoms with Crippen LogP contribution in [0.1, 0.15) is 22.1 Å². The van der Waals surface area contributed by atoms with Gasteiger partial charge >= 0.3 is 0 Å². The number of rotatable bonds is 3. The van der Waals surface area contributed by atoms with Crippen molar-refractivity contribution in [3.8, 4) is 0 Å². The van der Waals surface area contributed by atoms with Gasteiger partial charge in [0.25, 0.3) is 5.69 Å². The molecule has 2 rings (SSSR count). The smallest absolute Gasteiger partial charge is 0.270 e. The van der Waals surface area contributed by atoms with E-state index in [4.69, 9.17) is 0 Å². The summed E-state index contributed by atoms with van der Waals surface area (Å²) in [6.45, 7) is 1.55. The van der Waals surface area contributed by atoms with Crippen LogP contribution in [0.25, 0.3) is 0 Å². The molecule has 0 atom stereocenters. The van der Waals surface area contributed by atoms with Crippen LogP contribution in [0.3, 0.4) is 0 Å². The molecule has 0 aliphatic carbocycles. The van der Waals surface area contributed by atoms with E-state index in [-0.39, 0.29) is 23.0 Å². The number of hydrogen-bond donors (Lipinski definition) is 0. The van der Waals surface area contributed by atoms with E-state index in [1.165, 1.54) is 24.3 Å². The first kappa shape index (κ1) is 10.9. The number of carbonyl (C=O) groups is 1. The van der Waals surface area contributed by atoms with Crippen molar-refractivity contribution in [2.75, 3.05) is 0 Å². The Morgan fingerprint density at radius 2 is 2.24 bits per heavy atom. The molecule has 86 valence electrons. The Morgan fingerprint density at radius 3 is 2.82 bits per heavy atom. The fourth-order valence-electron chi connectivity index (χ4n) is 1.28. The van der Waals surface area contributed by atoms with Gasteiger partial charge in [0.15, 0.2) is 0 Å². The Bertz CT molecular complexity index is 591. The Balaban J connectivity index is 2.37. The van der Waals surface area contributed by atoms with Gasteiger partial charge in [0.1, 0.15) is 0 Å². The van der Waals surface area contributed by atoms with Crippen molar-refractivity contribution in [3.05, 3.63) is 51.7 Å². The zero-order chi connectivity index (χ0) is 12.4. The van der Waals surface area contributed by atoms with Gasteiger partial charge in [-0.25, -0.2) is 0 Å². The second-order valence-corrected chi connectivity index (χ2v) is 3.27. The van der Waals surface area contributed by atoms with E-state index in [1.54, 1.807) is 6.92 Å². The van der Waals surface area contributed by atoms with Crippen molar-refractivity contribution in [2.24, 2.45) is 0 Å². The minimum atomic E-state index is -0.571. The van der Waals surface area contributed by atoms with Crippen LogP contribution in [0.2, 0.25) is 0 Å². The highest BCUT2D eigenvalue weighted by atomic mass is 16.6. The van der Waals surface area contributed by atoms with Gasteiger partial charge in [-0.2, -0.15) is 4.98 Å². The average Bonchev–Trinajstić information content (AvgIpc) is 2.75. The van der Waals surface area contributed by atoms with Crippen molar-refractivity contribution < 1.29 is 14.2 Å². The number of benzene rings is 1. The lowest BCUT2D eigenvalue weighted by Crippen LogP contribution is -2.04. The lowest BCUT2D eigenvalue weighted by molar-refractivity contribution is -0.384. The van der Waals surface area contributed by atoms with Gasteiger partial charge in [-0.3, -0.25) is 14.9 Å². The van der Waals surface area contributed by atoms with E-state index in [1.807, 2.05) is 0 Å². The fraction of sp³-hybridized carbons (Fsp3) is 0.100. The summed E-state index contributed by atoms with van der Waals surface area (Å²) in [7, 11) is 0. The largest absolute Gasteiger partial charge is 0.339 e. The van der Waals surface area contributed by atoms with Gasteiger partial charge < -0.3 is 4.52 Å². The third-order valence-corrected chi connectivity index (χ3v) is 2.05. The number of nitrogens with zero attached hydrogens (tertiary/aromatic N) is 3. The number of aromatic nitrogens is 2. The summed E-state index contributed by atoms with van der Waals surface area (Å²) in [5, 5.41) is 14.0. The van der Waals surface area contributed by atoms with Crippen LogP contribution in [0.15, 0.2) is 28.8 Å². The van der Waals surface area contributed by atoms with Crippen molar-refractivity contribution in [2.45, 2.75) is 6.92 Å². The SMILES string of the molecule is Cc1nc(C(=O)c2cccc([N+](=O)[O-])c2)no1. The first-order chi connectivity index (χ1) is 8.08. The lowest BCUT2D eigenvalue weighted by atomic mass is 10.1. The van der Waals surface area contributed by atoms with Gasteiger partial charge in [-0.15, -0.1) is 0 Å². The monoisotopic (exact) mass is 233 g/mol. The summed E-state index contributed by atoms with van der Waals surface area (Å²) >= 11 is 0. The van der Waals surface area contributed by atoms with Crippen LogP contribution in [-0.2, 0) is 0 Å². The molecule has 0 aliphatic rings. The number of aryl methyl sites for hydroxylation is 1. The summed E-state index contributed by atoms with van der Waals surface area (Å²) in [5.41, 5.74) is -0.00364. The van der Waals surface area contributed by atoms with Crippen LogP contribution in [0.4, 0.5) is 5.69 Å². The Hall–Kier alpha value is -2.57. The van der Waals surface area contributed by atoms with Gasteiger partial charge in [0.2, 0.25) is 17.5 Å². The van der Waals surface area contributed by atoms with Crippen LogP contribution in [0, 0.1) is 17.0 Å². The van der Waals surface area contributed by atoms with Gasteiger partial charge in [-0.05, 0) is 0 Å². The Labute approximate surface area is 95.2 Å². The predicted molar refractivity (Wildman–Crippen MR) is 55.6 cm³/mol. The Morgan fingerprint density at radius 1 is 1.47 bits per heavy atom. The van der Waals surface area contributed by atoms with Crippen molar-refractivity contribution in [1.82, 2.24) is 10.1 Å². The van der Waals surface area contributed by atoms with Gasteiger partial charge in [0.05, 0.1) is 4.92 Å². The molecule has 1 heterocycles. The van der Waals surface area contributed by atoms with E-state index in [9.17, 15) is 14.9 Å². The summed E-state index contributed by atoms with van der Waals surface area (Å²) in [5.74, 6) is -0.354. The molecule has 7 nitrogen and oxygen atoms in total. The third-order valence-electron chi connectivity index (χ3n) is 2.05. The molecule has 0 spiro atoms. The molecule has 0 fully saturated rings. The zero-order valence-corrected chi connectivity index (χ0v) is 8.78. The molecular weight excluding hydrogens is 226 g/mol. The molecule has 1 aromatic heterocycles. The number of carbonyl (C=O) groups excluding carboxylic acids is 1. The number of hydrogen-bond acceptors (Lipinski definition) is 6. The summed E-state index contributed by atoms with van der Waals surface area (Å²) in [4.78, 5) is 25.6. The minimum Gasteiger partial charge on any atom is -0.339 e. The molecule has 0 unspecified atom stereocenters. The molecule has 0 bridgehead atoms. The first-order valence-electron chi connectivity index (χ1n) is 4.67. The number of non-ortho nitro benzene ring substituents is 1. The molecular formula is C10H7N3O4. The maximum atomic E-state index is 11.8. The minimum absolute atomic E-state index is 0.108. The molecule has 0 aliphatic heterocycles. The van der Waals surface area contributed by atoms with Crippen molar-refractivity contribution >= 4 is 11.5 Å². The molecule has 0 saturated heterocycles. The normalized spacial score (nSPS) is 10.2. The van der Waals surface area contributed by atoms with Crippen LogP contribution < -0.4 is 0 Å². The Kier molecular flexibility index (Phi) is 2.65. The quantitative estimate of drug-likeness (QED) is 0.452. The molecule has 17 heavy (non-hydrogen) atoms. The third kappa shape index (κ3) is 2.17. The first-order valence-corrected chi connectivity index (χ1v) is 4.67. The maximum absolute atomic E-state index is 11.8. The predicted octanol–water partition coefficient (Wildman–Crippen LogP) is 1.52. The molecule has 2 aromatic rings. The van der Waals surface area contributed by atoms with Crippen molar-refractivity contribution in [1.29, 1.82) is 0 Å². The second-order valence-electron chi connectivity index (χ2n) is 3.27. The van der Waals surface area contributed by atoms with Crippen molar-refractivity contribution in [3.63, 3.8) is 0 Å². The lowest BCUT2D eigenvalue weighted by Gasteiger charge is -1.95. The van der Waals surface area contributed by atoms with E-state index >= 15 is 0 Å². The second kappa shape index (κ2) is 4.12. The molecule has 0 saturated carbocycles. The molecule has 1 aromatic carbocycles. The highest BCUT2D eigenvalue weighted by Crippen LogP contribution is 2.15. The number of ketones is 1. The molecule has 0 radical (unpaired) electrons. The summed E-state index contributed by atoms with van der Waals surface area (Å²) < 4.78 is 4.67. The summed E-state index contributed by atoms with van der Waals surface area (Å²) in [6, 6.07) is 5.37. The van der Waals surface area contributed by atoms with Gasteiger partial charge in [0, 0.05) is 24.6 Å². The van der Waals surface area contributed by atoms with E-state index < -0.39 is 10.7 Å². The molecule has 7 heteroatoms. The molecule has 0 N–H and O–H groups in total. The van der Waals surface area contributed by atoms with Crippen LogP contribution >= 0.6 is 0 Å². The van der Waals surface area contributed by atoms with E-state index in [2.05, 4.69) is 14.7 Å². The van der Waals surface area contributed by atoms with E-state index in [0.29, 0.717) is 0 Å². The zero-order valence-electron chi connectivity index (χ0n) is 8.78. The van der Waals surface area contributed by atoms with Gasteiger partial charge in [-0.1, -0.05) is 17.3 Å². The average molecular weight is 233 g/mol. The van der Waals surface area contributed by atoms with E-state index in [0.717, 1.165) is 0 Å². The maximum Gasteiger partial charge on any atom is 0.270 e. The topological polar surface area (TPSA) is 99.1 Å². The highest BCUT2D eigenvalue weighted by Gasteiger charge is 2.17. The standard InChI is InChI=1S/C10H7N3O4/c1-6-11-10(12-17-6)9(14)7-3-2-4-8(5-7)13(15)16/h2-5H,1H3. The van der Waals surface area contributed by atoms with Crippen LogP contribution in [-0.4, -0.2) is 20.8 Å². The fourth-order valence-corrected chi connectivity index (χ4v) is 1.28. The summed E-state index contributed by atoms with van der Waals surface area (Å²) in [6.07, 6.45) is 0. The van der Waals surface area contributed by atoms with Crippen LogP contribution in [0.5, 0.6) is 0 Å². The number of nitro groups is 1. The highest BCUT2D eigenvalue weighted by molar-refractivity contribution is 6.06. The number of nitro benzene ring substituents is 1. The molecule has 0 amide bonds.